The number of aromatic hydroxyl groups is 1. The summed E-state index contributed by atoms with van der Waals surface area (Å²) in [7, 11) is 0. The standard InChI is InChI=1S/C17H12N4O4/c18-16-15-14(9-1-3-10(4-2-9)21(23)24)12-6-5-11(22)7-13(12)25-17(15)20-8-19-16/h1-8,14,22H,(H2,18,19,20). The number of ether oxygens (including phenoxy) is 1. The van der Waals surface area contributed by atoms with Crippen LogP contribution in [0.4, 0.5) is 11.5 Å². The van der Waals surface area contributed by atoms with Gasteiger partial charge in [-0.25, -0.2) is 9.97 Å². The number of nitro groups is 1. The predicted octanol–water partition coefficient (Wildman–Crippen LogP) is 2.96. The summed E-state index contributed by atoms with van der Waals surface area (Å²) in [5, 5.41) is 20.6. The number of phenols is 1. The number of non-ortho nitro benzene ring substituents is 1. The highest BCUT2D eigenvalue weighted by Gasteiger charge is 2.32. The minimum absolute atomic E-state index is 0.000698. The van der Waals surface area contributed by atoms with Gasteiger partial charge in [0.2, 0.25) is 5.88 Å². The van der Waals surface area contributed by atoms with Crippen LogP contribution in [-0.4, -0.2) is 20.0 Å². The van der Waals surface area contributed by atoms with E-state index in [4.69, 9.17) is 10.5 Å². The fourth-order valence-electron chi connectivity index (χ4n) is 2.99. The van der Waals surface area contributed by atoms with Gasteiger partial charge in [0.25, 0.3) is 5.69 Å². The third-order valence-electron chi connectivity index (χ3n) is 4.12. The second-order valence-electron chi connectivity index (χ2n) is 5.58. The quantitative estimate of drug-likeness (QED) is 0.426. The Balaban J connectivity index is 1.93. The van der Waals surface area contributed by atoms with Crippen LogP contribution in [0, 0.1) is 10.1 Å². The molecule has 8 heteroatoms. The van der Waals surface area contributed by atoms with Gasteiger partial charge in [-0.1, -0.05) is 18.2 Å². The molecule has 124 valence electrons. The fourth-order valence-corrected chi connectivity index (χ4v) is 2.99. The molecular formula is C17H12N4O4. The normalized spacial score (nSPS) is 15.0. The smallest absolute Gasteiger partial charge is 0.269 e. The molecule has 1 atom stereocenters. The number of fused-ring (bicyclic) bond motifs is 2. The summed E-state index contributed by atoms with van der Waals surface area (Å²) in [6, 6.07) is 11.0. The van der Waals surface area contributed by atoms with E-state index < -0.39 is 4.92 Å². The van der Waals surface area contributed by atoms with Crippen molar-refractivity contribution >= 4 is 11.5 Å². The molecule has 0 spiro atoms. The van der Waals surface area contributed by atoms with E-state index in [9.17, 15) is 15.2 Å². The summed E-state index contributed by atoms with van der Waals surface area (Å²) >= 11 is 0. The first-order chi connectivity index (χ1) is 12.0. The van der Waals surface area contributed by atoms with Crippen LogP contribution >= 0.6 is 0 Å². The largest absolute Gasteiger partial charge is 0.508 e. The van der Waals surface area contributed by atoms with E-state index in [-0.39, 0.29) is 23.2 Å². The molecule has 0 radical (unpaired) electrons. The summed E-state index contributed by atoms with van der Waals surface area (Å²) in [5.74, 6) is 0.725. The zero-order valence-electron chi connectivity index (χ0n) is 12.8. The first-order valence-electron chi connectivity index (χ1n) is 7.40. The van der Waals surface area contributed by atoms with Crippen molar-refractivity contribution in [2.45, 2.75) is 5.92 Å². The third kappa shape index (κ3) is 2.40. The van der Waals surface area contributed by atoms with Gasteiger partial charge in [0.1, 0.15) is 23.6 Å². The van der Waals surface area contributed by atoms with E-state index in [1.807, 2.05) is 0 Å². The highest BCUT2D eigenvalue weighted by atomic mass is 16.6. The monoisotopic (exact) mass is 336 g/mol. The van der Waals surface area contributed by atoms with Crippen LogP contribution in [0.5, 0.6) is 17.4 Å². The van der Waals surface area contributed by atoms with Crippen LogP contribution in [0.25, 0.3) is 0 Å². The number of rotatable bonds is 2. The van der Waals surface area contributed by atoms with Crippen LogP contribution in [0.2, 0.25) is 0 Å². The minimum Gasteiger partial charge on any atom is -0.508 e. The van der Waals surface area contributed by atoms with Gasteiger partial charge in [-0.05, 0) is 11.6 Å². The summed E-state index contributed by atoms with van der Waals surface area (Å²) in [6.07, 6.45) is 1.30. The number of benzene rings is 2. The SMILES string of the molecule is Nc1ncnc2c1C(c1ccc([N+](=O)[O-])cc1)c1ccc(O)cc1O2. The minimum atomic E-state index is -0.453. The number of aromatic nitrogens is 2. The van der Waals surface area contributed by atoms with Gasteiger partial charge in [-0.2, -0.15) is 0 Å². The van der Waals surface area contributed by atoms with E-state index in [1.165, 1.54) is 24.5 Å². The van der Waals surface area contributed by atoms with Gasteiger partial charge in [-0.3, -0.25) is 10.1 Å². The van der Waals surface area contributed by atoms with Crippen LogP contribution in [-0.2, 0) is 0 Å². The number of hydrogen-bond acceptors (Lipinski definition) is 7. The van der Waals surface area contributed by atoms with E-state index in [0.29, 0.717) is 17.2 Å². The van der Waals surface area contributed by atoms with Crippen molar-refractivity contribution in [2.24, 2.45) is 0 Å². The number of nitro benzene ring substituents is 1. The Morgan fingerprint density at radius 3 is 2.64 bits per heavy atom. The molecule has 1 aliphatic rings. The molecule has 1 unspecified atom stereocenters. The Morgan fingerprint density at radius 1 is 1.16 bits per heavy atom. The zero-order valence-corrected chi connectivity index (χ0v) is 12.8. The van der Waals surface area contributed by atoms with Crippen molar-refractivity contribution in [1.82, 2.24) is 9.97 Å². The first kappa shape index (κ1) is 14.9. The van der Waals surface area contributed by atoms with Gasteiger partial charge < -0.3 is 15.6 Å². The molecule has 0 aliphatic carbocycles. The molecule has 1 aliphatic heterocycles. The maximum atomic E-state index is 10.9. The molecule has 0 fully saturated rings. The maximum absolute atomic E-state index is 10.9. The summed E-state index contributed by atoms with van der Waals surface area (Å²) in [5.41, 5.74) is 8.18. The number of nitrogens with two attached hydrogens (primary N) is 1. The summed E-state index contributed by atoms with van der Waals surface area (Å²) in [6.45, 7) is 0. The molecule has 2 aromatic carbocycles. The summed E-state index contributed by atoms with van der Waals surface area (Å²) in [4.78, 5) is 18.6. The second kappa shape index (κ2) is 5.45. The maximum Gasteiger partial charge on any atom is 0.269 e. The van der Waals surface area contributed by atoms with Crippen LogP contribution in [0.1, 0.15) is 22.6 Å². The van der Waals surface area contributed by atoms with Gasteiger partial charge in [0, 0.05) is 29.7 Å². The molecule has 0 amide bonds. The molecule has 3 aromatic rings. The van der Waals surface area contributed by atoms with Crippen LogP contribution in [0.3, 0.4) is 0 Å². The molecule has 0 saturated carbocycles. The van der Waals surface area contributed by atoms with Gasteiger partial charge in [0.15, 0.2) is 0 Å². The van der Waals surface area contributed by atoms with E-state index in [1.54, 1.807) is 24.3 Å². The fraction of sp³-hybridized carbons (Fsp3) is 0.0588. The zero-order chi connectivity index (χ0) is 17.6. The molecular weight excluding hydrogens is 324 g/mol. The second-order valence-corrected chi connectivity index (χ2v) is 5.58. The number of nitrogens with zero attached hydrogens (tertiary/aromatic N) is 3. The van der Waals surface area contributed by atoms with Crippen molar-refractivity contribution in [3.05, 3.63) is 75.6 Å². The Kier molecular flexibility index (Phi) is 3.24. The lowest BCUT2D eigenvalue weighted by Crippen LogP contribution is -2.15. The topological polar surface area (TPSA) is 124 Å². The van der Waals surface area contributed by atoms with Gasteiger partial charge in [0.05, 0.1) is 10.5 Å². The van der Waals surface area contributed by atoms with Crippen LogP contribution < -0.4 is 10.5 Å². The lowest BCUT2D eigenvalue weighted by atomic mass is 9.83. The van der Waals surface area contributed by atoms with Gasteiger partial charge >= 0.3 is 0 Å². The van der Waals surface area contributed by atoms with E-state index in [2.05, 4.69) is 9.97 Å². The molecule has 1 aromatic heterocycles. The molecule has 25 heavy (non-hydrogen) atoms. The summed E-state index contributed by atoms with van der Waals surface area (Å²) < 4.78 is 5.75. The lowest BCUT2D eigenvalue weighted by Gasteiger charge is -2.28. The highest BCUT2D eigenvalue weighted by Crippen LogP contribution is 2.48. The Hall–Kier alpha value is -3.68. The third-order valence-corrected chi connectivity index (χ3v) is 4.12. The van der Waals surface area contributed by atoms with Crippen molar-refractivity contribution in [2.75, 3.05) is 5.73 Å². The molecule has 4 rings (SSSR count). The number of phenolic OH excluding ortho intramolecular Hbond substituents is 1. The molecule has 0 saturated heterocycles. The number of anilines is 1. The molecule has 8 nitrogen and oxygen atoms in total. The van der Waals surface area contributed by atoms with E-state index >= 15 is 0 Å². The van der Waals surface area contributed by atoms with Crippen molar-refractivity contribution in [3.8, 4) is 17.4 Å². The number of hydrogen-bond donors (Lipinski definition) is 2. The van der Waals surface area contributed by atoms with Crippen molar-refractivity contribution in [3.63, 3.8) is 0 Å². The average Bonchev–Trinajstić information content (AvgIpc) is 2.60. The lowest BCUT2D eigenvalue weighted by molar-refractivity contribution is -0.384. The first-order valence-corrected chi connectivity index (χ1v) is 7.40. The predicted molar refractivity (Wildman–Crippen MR) is 88.7 cm³/mol. The van der Waals surface area contributed by atoms with Crippen LogP contribution in [0.15, 0.2) is 48.8 Å². The number of nitrogen functional groups attached to an aromatic ring is 1. The van der Waals surface area contributed by atoms with Crippen molar-refractivity contribution in [1.29, 1.82) is 0 Å². The van der Waals surface area contributed by atoms with Gasteiger partial charge in [-0.15, -0.1) is 0 Å². The average molecular weight is 336 g/mol. The Labute approximate surface area is 141 Å². The molecule has 0 bridgehead atoms. The molecule has 2 heterocycles. The highest BCUT2D eigenvalue weighted by molar-refractivity contribution is 5.63. The Bertz CT molecular complexity index is 988. The van der Waals surface area contributed by atoms with E-state index in [0.717, 1.165) is 11.1 Å². The molecule has 3 N–H and O–H groups in total. The Morgan fingerprint density at radius 2 is 1.92 bits per heavy atom. The van der Waals surface area contributed by atoms with Crippen molar-refractivity contribution < 1.29 is 14.8 Å².